The average molecular weight is 848 g/mol. The van der Waals surface area contributed by atoms with Gasteiger partial charge in [0.25, 0.3) is 10.1 Å². The molecule has 0 aliphatic rings. The van der Waals surface area contributed by atoms with Crippen LogP contribution in [-0.4, -0.2) is 24.9 Å². The van der Waals surface area contributed by atoms with E-state index in [1.165, 1.54) is 69.4 Å². The van der Waals surface area contributed by atoms with Crippen LogP contribution >= 0.6 is 67.8 Å². The van der Waals surface area contributed by atoms with E-state index < -0.39 is 67.1 Å². The van der Waals surface area contributed by atoms with Crippen LogP contribution in [0, 0.1) is 34.0 Å². The van der Waals surface area contributed by atoms with Crippen LogP contribution in [0.3, 0.4) is 0 Å². The maximum atomic E-state index is 14.6. The second-order valence-corrected chi connectivity index (χ2v) is 11.4. The molecule has 0 atom stereocenters. The molecule has 0 spiro atoms. The van der Waals surface area contributed by atoms with Gasteiger partial charge in [-0.3, -0.25) is 4.55 Å². The summed E-state index contributed by atoms with van der Waals surface area (Å²) < 4.78 is 99.5. The molecule has 0 radical (unpaired) electrons. The molecule has 3 aromatic carbocycles. The summed E-state index contributed by atoms with van der Waals surface area (Å²) in [4.78, 5) is 24.7. The Bertz CT molecular complexity index is 1460. The zero-order chi connectivity index (χ0) is 26.2. The Morgan fingerprint density at radius 2 is 1.11 bits per heavy atom. The highest BCUT2D eigenvalue weighted by Crippen LogP contribution is 2.31. The van der Waals surface area contributed by atoms with Gasteiger partial charge in [-0.05, 0) is 104 Å². The number of hydrogen-bond acceptors (Lipinski definition) is 6. The van der Waals surface area contributed by atoms with Crippen molar-refractivity contribution in [1.82, 2.24) is 0 Å². The Balaban J connectivity index is 2.08. The van der Waals surface area contributed by atoms with Crippen LogP contribution in [0.25, 0.3) is 0 Å². The van der Waals surface area contributed by atoms with Crippen molar-refractivity contribution in [2.24, 2.45) is 0 Å². The minimum atomic E-state index is -4.65. The molecule has 3 rings (SSSR count). The molecule has 184 valence electrons. The third kappa shape index (κ3) is 6.05. The number of hydrogen-bond donors (Lipinski definition) is 1. The molecule has 15 heteroatoms. The van der Waals surface area contributed by atoms with Gasteiger partial charge in [0.15, 0.2) is 23.3 Å². The van der Waals surface area contributed by atoms with Crippen molar-refractivity contribution in [3.8, 4) is 11.5 Å². The van der Waals surface area contributed by atoms with E-state index in [0.717, 1.165) is 15.7 Å². The van der Waals surface area contributed by atoms with Crippen LogP contribution in [0.5, 0.6) is 11.5 Å². The van der Waals surface area contributed by atoms with Gasteiger partial charge in [0, 0.05) is 10.7 Å². The standard InChI is InChI=1S/C20H7F4I3O7S/c21-14-12(19(28)33-8-3-1-7(25)2-4-8)13(15(22)17(24)16(14)23)20(29)34-9-5-10(26)18(11(27)6-9)35(30,31)32/h1-6H,(H,30,31,32). The molecule has 0 heterocycles. The SMILES string of the molecule is O=C(Oc1ccc(I)cc1)c1c(F)c(F)c(F)c(F)c1C(=O)Oc1cc(I)c(S(=O)(=O)O)c(I)c1. The normalized spacial score (nSPS) is 11.3. The highest BCUT2D eigenvalue weighted by Gasteiger charge is 2.35. The summed E-state index contributed by atoms with van der Waals surface area (Å²) in [7, 11) is -4.65. The molecule has 0 amide bonds. The fourth-order valence-corrected chi connectivity index (χ4v) is 7.03. The first-order valence-corrected chi connectivity index (χ1v) is 13.4. The molecule has 0 saturated carbocycles. The summed E-state index contributed by atoms with van der Waals surface area (Å²) in [5.41, 5.74) is -3.13. The zero-order valence-electron chi connectivity index (χ0n) is 16.4. The molecule has 0 bridgehead atoms. The Labute approximate surface area is 235 Å². The maximum Gasteiger partial charge on any atom is 0.347 e. The molecule has 1 N–H and O–H groups in total. The van der Waals surface area contributed by atoms with Crippen molar-refractivity contribution in [1.29, 1.82) is 0 Å². The van der Waals surface area contributed by atoms with Gasteiger partial charge >= 0.3 is 11.9 Å². The number of esters is 2. The quantitative estimate of drug-likeness (QED) is 0.0665. The van der Waals surface area contributed by atoms with E-state index in [0.29, 0.717) is 0 Å². The van der Waals surface area contributed by atoms with Crippen LogP contribution < -0.4 is 9.47 Å². The molecule has 3 aromatic rings. The lowest BCUT2D eigenvalue weighted by atomic mass is 10.0. The van der Waals surface area contributed by atoms with E-state index >= 15 is 0 Å². The topological polar surface area (TPSA) is 107 Å². The Morgan fingerprint density at radius 3 is 1.51 bits per heavy atom. The zero-order valence-corrected chi connectivity index (χ0v) is 23.7. The number of benzene rings is 3. The fraction of sp³-hybridized carbons (Fsp3) is 0. The third-order valence-electron chi connectivity index (χ3n) is 4.14. The summed E-state index contributed by atoms with van der Waals surface area (Å²) in [5.74, 6) is -13.2. The predicted octanol–water partition coefficient (Wildman–Crippen LogP) is 5.74. The van der Waals surface area contributed by atoms with Gasteiger partial charge in [-0.1, -0.05) is 0 Å². The molecule has 0 aliphatic heterocycles. The van der Waals surface area contributed by atoms with E-state index in [2.05, 4.69) is 0 Å². The minimum absolute atomic E-state index is 0.116. The molecule has 0 saturated heterocycles. The van der Waals surface area contributed by atoms with Crippen molar-refractivity contribution in [3.05, 3.63) is 81.5 Å². The lowest BCUT2D eigenvalue weighted by Gasteiger charge is -2.13. The highest BCUT2D eigenvalue weighted by atomic mass is 127. The molecule has 7 nitrogen and oxygen atoms in total. The molecular formula is C20H7F4I3O7S. The first kappa shape index (κ1) is 28.0. The first-order chi connectivity index (χ1) is 16.2. The number of rotatable bonds is 5. The van der Waals surface area contributed by atoms with Crippen molar-refractivity contribution >= 4 is 89.8 Å². The van der Waals surface area contributed by atoms with Gasteiger partial charge in [0.05, 0.1) is 0 Å². The van der Waals surface area contributed by atoms with Crippen molar-refractivity contribution in [2.45, 2.75) is 4.90 Å². The smallest absolute Gasteiger partial charge is 0.347 e. The lowest BCUT2D eigenvalue weighted by molar-refractivity contribution is 0.0680. The van der Waals surface area contributed by atoms with E-state index in [4.69, 9.17) is 9.47 Å². The molecule has 0 unspecified atom stereocenters. The van der Waals surface area contributed by atoms with E-state index in [9.17, 15) is 40.1 Å². The summed E-state index contributed by atoms with van der Waals surface area (Å²) in [5, 5.41) is 0. The number of carbonyl (C=O) groups excluding carboxylic acids is 2. The Hall–Kier alpha value is -1.58. The Kier molecular flexibility index (Phi) is 8.65. The lowest BCUT2D eigenvalue weighted by Crippen LogP contribution is -2.23. The molecule has 35 heavy (non-hydrogen) atoms. The predicted molar refractivity (Wildman–Crippen MR) is 137 cm³/mol. The summed E-state index contributed by atoms with van der Waals surface area (Å²) >= 11 is 4.94. The monoisotopic (exact) mass is 848 g/mol. The van der Waals surface area contributed by atoms with Crippen LogP contribution in [0.2, 0.25) is 0 Å². The van der Waals surface area contributed by atoms with Crippen molar-refractivity contribution in [2.75, 3.05) is 0 Å². The molecule has 0 aliphatic carbocycles. The molecule has 0 aromatic heterocycles. The molecular weight excluding hydrogens is 841 g/mol. The van der Waals surface area contributed by atoms with Gasteiger partial charge in [-0.25, -0.2) is 27.2 Å². The van der Waals surface area contributed by atoms with Gasteiger partial charge in [-0.2, -0.15) is 8.42 Å². The first-order valence-electron chi connectivity index (χ1n) is 8.74. The highest BCUT2D eigenvalue weighted by molar-refractivity contribution is 14.1. The van der Waals surface area contributed by atoms with Crippen molar-refractivity contribution in [3.63, 3.8) is 0 Å². The van der Waals surface area contributed by atoms with Gasteiger partial charge in [0.1, 0.15) is 27.5 Å². The van der Waals surface area contributed by atoms with Crippen LogP contribution in [0.1, 0.15) is 20.7 Å². The second-order valence-electron chi connectivity index (χ2n) is 6.43. The van der Waals surface area contributed by atoms with E-state index in [-0.39, 0.29) is 12.9 Å². The molecule has 0 fully saturated rings. The van der Waals surface area contributed by atoms with Crippen LogP contribution in [0.4, 0.5) is 17.6 Å². The second kappa shape index (κ2) is 10.8. The van der Waals surface area contributed by atoms with E-state index in [1.54, 1.807) is 0 Å². The fourth-order valence-electron chi connectivity index (χ4n) is 2.68. The largest absolute Gasteiger partial charge is 0.423 e. The summed E-state index contributed by atoms with van der Waals surface area (Å²) in [6.07, 6.45) is 0. The van der Waals surface area contributed by atoms with Gasteiger partial charge in [-0.15, -0.1) is 0 Å². The third-order valence-corrected chi connectivity index (χ3v) is 8.25. The van der Waals surface area contributed by atoms with Gasteiger partial charge < -0.3 is 9.47 Å². The van der Waals surface area contributed by atoms with Crippen LogP contribution in [0.15, 0.2) is 41.3 Å². The average Bonchev–Trinajstić information content (AvgIpc) is 2.74. The minimum Gasteiger partial charge on any atom is -0.423 e. The van der Waals surface area contributed by atoms with Crippen molar-refractivity contribution < 1.29 is 49.6 Å². The van der Waals surface area contributed by atoms with E-state index in [1.807, 2.05) is 22.6 Å². The summed E-state index contributed by atoms with van der Waals surface area (Å²) in [6.45, 7) is 0. The Morgan fingerprint density at radius 1 is 0.714 bits per heavy atom. The maximum absolute atomic E-state index is 14.6. The number of carbonyl (C=O) groups is 2. The van der Waals surface area contributed by atoms with Crippen LogP contribution in [-0.2, 0) is 10.1 Å². The number of halogens is 7. The summed E-state index contributed by atoms with van der Waals surface area (Å²) in [6, 6.07) is 7.46. The van der Waals surface area contributed by atoms with Gasteiger partial charge in [0.2, 0.25) is 0 Å². The number of ether oxygens (including phenoxy) is 2.